The fraction of sp³-hybridized carbons (Fsp3) is 0.286. The van der Waals surface area contributed by atoms with Gasteiger partial charge in [-0.25, -0.2) is 9.78 Å². The molecule has 0 bridgehead atoms. The molecule has 1 aromatic heterocycles. The zero-order chi connectivity index (χ0) is 14.5. The molecule has 0 radical (unpaired) electrons. The molecule has 2 aromatic rings. The minimum Gasteiger partial charge on any atom is -0.496 e. The number of hydrogen-bond donors (Lipinski definition) is 1. The predicted molar refractivity (Wildman–Crippen MR) is 81.1 cm³/mol. The lowest BCUT2D eigenvalue weighted by Crippen LogP contribution is -2.06. The third-order valence-corrected chi connectivity index (χ3v) is 4.00. The Bertz CT molecular complexity index is 610. The third-order valence-electron chi connectivity index (χ3n) is 2.66. The van der Waals surface area contributed by atoms with Crippen LogP contribution in [-0.4, -0.2) is 24.7 Å². The van der Waals surface area contributed by atoms with Crippen LogP contribution < -0.4 is 4.74 Å². The van der Waals surface area contributed by atoms with Crippen LogP contribution in [0.15, 0.2) is 28.5 Å². The van der Waals surface area contributed by atoms with Crippen LogP contribution in [0.1, 0.15) is 28.0 Å². The molecule has 0 aliphatic carbocycles. The number of para-hydroxylation sites is 1. The molecule has 0 spiro atoms. The lowest BCUT2D eigenvalue weighted by atomic mass is 10.1. The van der Waals surface area contributed by atoms with Gasteiger partial charge in [0.05, 0.1) is 22.9 Å². The average Bonchev–Trinajstić information content (AvgIpc) is 2.80. The lowest BCUT2D eigenvalue weighted by Gasteiger charge is -2.05. The summed E-state index contributed by atoms with van der Waals surface area (Å²) in [5.74, 6) is 0.376. The minimum atomic E-state index is -0.431. The zero-order valence-electron chi connectivity index (χ0n) is 11.3. The number of esters is 1. The number of rotatable bonds is 5. The average molecular weight is 309 g/mol. The highest BCUT2D eigenvalue weighted by Crippen LogP contribution is 2.27. The largest absolute Gasteiger partial charge is 0.496 e. The molecule has 0 unspecified atom stereocenters. The molecule has 0 N–H and O–H groups in total. The Morgan fingerprint density at radius 2 is 2.15 bits per heavy atom. The van der Waals surface area contributed by atoms with E-state index in [-0.39, 0.29) is 5.69 Å². The fourth-order valence-electron chi connectivity index (χ4n) is 1.78. The van der Waals surface area contributed by atoms with Crippen molar-refractivity contribution < 1.29 is 14.3 Å². The van der Waals surface area contributed by atoms with Gasteiger partial charge in [-0.15, -0.1) is 24.0 Å². The van der Waals surface area contributed by atoms with Crippen molar-refractivity contribution >= 4 is 29.9 Å². The molecule has 0 saturated carbocycles. The van der Waals surface area contributed by atoms with Gasteiger partial charge in [0.25, 0.3) is 0 Å². The Balaban J connectivity index is 2.22. The molecule has 106 valence electrons. The van der Waals surface area contributed by atoms with Crippen molar-refractivity contribution in [2.24, 2.45) is 0 Å². The maximum atomic E-state index is 11.7. The van der Waals surface area contributed by atoms with Gasteiger partial charge in [0.15, 0.2) is 5.69 Å². The molecule has 1 heterocycles. The van der Waals surface area contributed by atoms with Crippen molar-refractivity contribution in [3.63, 3.8) is 0 Å². The van der Waals surface area contributed by atoms with E-state index in [2.05, 4.69) is 17.6 Å². The van der Waals surface area contributed by atoms with E-state index in [9.17, 15) is 4.79 Å². The van der Waals surface area contributed by atoms with Gasteiger partial charge >= 0.3 is 5.97 Å². The monoisotopic (exact) mass is 309 g/mol. The molecule has 4 nitrogen and oxygen atoms in total. The van der Waals surface area contributed by atoms with E-state index >= 15 is 0 Å². The second-order valence-electron chi connectivity index (χ2n) is 3.97. The van der Waals surface area contributed by atoms with E-state index in [1.165, 1.54) is 11.3 Å². The number of ether oxygens (including phenoxy) is 2. The highest BCUT2D eigenvalue weighted by atomic mass is 32.2. The summed E-state index contributed by atoms with van der Waals surface area (Å²) in [6.07, 6.45) is 0.599. The molecule has 0 aliphatic rings. The molecule has 0 atom stereocenters. The summed E-state index contributed by atoms with van der Waals surface area (Å²) < 4.78 is 10.8. The van der Waals surface area contributed by atoms with Crippen molar-refractivity contribution in [2.75, 3.05) is 13.7 Å². The van der Waals surface area contributed by atoms with Crippen molar-refractivity contribution in [3.05, 3.63) is 40.5 Å². The summed E-state index contributed by atoms with van der Waals surface area (Å²) in [5.41, 5.74) is 1.30. The number of nitrogens with zero attached hydrogens (tertiary/aromatic N) is 1. The van der Waals surface area contributed by atoms with Crippen LogP contribution in [0.25, 0.3) is 0 Å². The topological polar surface area (TPSA) is 48.4 Å². The first-order valence-electron chi connectivity index (χ1n) is 6.13. The number of thiazole rings is 1. The maximum absolute atomic E-state index is 11.7. The van der Waals surface area contributed by atoms with Crippen LogP contribution in [0.2, 0.25) is 0 Å². The van der Waals surface area contributed by atoms with Crippen LogP contribution in [0.3, 0.4) is 0 Å². The first-order chi connectivity index (χ1) is 9.65. The van der Waals surface area contributed by atoms with Crippen molar-refractivity contribution in [1.82, 2.24) is 4.98 Å². The molecule has 1 aromatic carbocycles. The standard InChI is InChI=1S/C14H15NO3S2/c1-3-18-13(16)12-14(19)20-11(15-12)8-9-6-4-5-7-10(9)17-2/h4-7,19H,3,8H2,1-2H3. The summed E-state index contributed by atoms with van der Waals surface area (Å²) in [5, 5.41) is 0.808. The quantitative estimate of drug-likeness (QED) is 0.680. The Labute approximate surface area is 127 Å². The van der Waals surface area contributed by atoms with Gasteiger partial charge in [-0.3, -0.25) is 0 Å². The summed E-state index contributed by atoms with van der Waals surface area (Å²) in [6, 6.07) is 7.73. The molecule has 2 rings (SSSR count). The summed E-state index contributed by atoms with van der Waals surface area (Å²) >= 11 is 5.67. The molecular formula is C14H15NO3S2. The van der Waals surface area contributed by atoms with E-state index < -0.39 is 5.97 Å². The number of carbonyl (C=O) groups excluding carboxylic acids is 1. The minimum absolute atomic E-state index is 0.282. The van der Waals surface area contributed by atoms with Crippen LogP contribution in [0.4, 0.5) is 0 Å². The van der Waals surface area contributed by atoms with Crippen molar-refractivity contribution in [3.8, 4) is 5.75 Å². The second-order valence-corrected chi connectivity index (χ2v) is 5.80. The Kier molecular flexibility index (Phi) is 5.03. The van der Waals surface area contributed by atoms with E-state index in [0.29, 0.717) is 17.2 Å². The number of benzene rings is 1. The molecular weight excluding hydrogens is 294 g/mol. The SMILES string of the molecule is CCOC(=O)c1nc(Cc2ccccc2OC)sc1S. The Hall–Kier alpha value is -1.53. The second kappa shape index (κ2) is 6.76. The fourth-order valence-corrected chi connectivity index (χ4v) is 3.05. The predicted octanol–water partition coefficient (Wildman–Crippen LogP) is 3.21. The zero-order valence-corrected chi connectivity index (χ0v) is 13.0. The van der Waals surface area contributed by atoms with Crippen LogP contribution in [0, 0.1) is 0 Å². The number of hydrogen-bond acceptors (Lipinski definition) is 6. The Morgan fingerprint density at radius 1 is 1.40 bits per heavy atom. The van der Waals surface area contributed by atoms with Crippen LogP contribution in [0.5, 0.6) is 5.75 Å². The van der Waals surface area contributed by atoms with E-state index in [1.807, 2.05) is 24.3 Å². The van der Waals surface area contributed by atoms with E-state index in [0.717, 1.165) is 16.3 Å². The number of methoxy groups -OCH3 is 1. The van der Waals surface area contributed by atoms with Gasteiger partial charge in [0.2, 0.25) is 0 Å². The maximum Gasteiger partial charge on any atom is 0.358 e. The molecule has 20 heavy (non-hydrogen) atoms. The number of thiol groups is 1. The number of carbonyl (C=O) groups is 1. The number of aromatic nitrogens is 1. The van der Waals surface area contributed by atoms with Gasteiger partial charge in [-0.05, 0) is 13.0 Å². The highest BCUT2D eigenvalue weighted by molar-refractivity contribution is 7.83. The Morgan fingerprint density at radius 3 is 2.85 bits per heavy atom. The van der Waals surface area contributed by atoms with Crippen LogP contribution >= 0.6 is 24.0 Å². The molecule has 6 heteroatoms. The smallest absolute Gasteiger partial charge is 0.358 e. The highest BCUT2D eigenvalue weighted by Gasteiger charge is 2.17. The third kappa shape index (κ3) is 3.32. The lowest BCUT2D eigenvalue weighted by molar-refractivity contribution is 0.0516. The van der Waals surface area contributed by atoms with Crippen molar-refractivity contribution in [1.29, 1.82) is 0 Å². The first-order valence-corrected chi connectivity index (χ1v) is 7.39. The van der Waals surface area contributed by atoms with Gasteiger partial charge in [0.1, 0.15) is 5.75 Å². The van der Waals surface area contributed by atoms with E-state index in [1.54, 1.807) is 14.0 Å². The molecule has 0 saturated heterocycles. The molecule has 0 aliphatic heterocycles. The molecule has 0 fully saturated rings. The van der Waals surface area contributed by atoms with Gasteiger partial charge in [0, 0.05) is 12.0 Å². The van der Waals surface area contributed by atoms with Gasteiger partial charge in [-0.2, -0.15) is 0 Å². The van der Waals surface area contributed by atoms with Crippen LogP contribution in [-0.2, 0) is 11.2 Å². The summed E-state index contributed by atoms with van der Waals surface area (Å²) in [7, 11) is 1.63. The van der Waals surface area contributed by atoms with Crippen molar-refractivity contribution in [2.45, 2.75) is 17.6 Å². The van der Waals surface area contributed by atoms with Gasteiger partial charge in [-0.1, -0.05) is 18.2 Å². The summed E-state index contributed by atoms with van der Waals surface area (Å²) in [4.78, 5) is 16.0. The van der Waals surface area contributed by atoms with E-state index in [4.69, 9.17) is 9.47 Å². The normalized spacial score (nSPS) is 10.3. The molecule has 0 amide bonds. The van der Waals surface area contributed by atoms with Gasteiger partial charge < -0.3 is 9.47 Å². The summed E-state index contributed by atoms with van der Waals surface area (Å²) in [6.45, 7) is 2.09. The first kappa shape index (κ1) is 14.9.